The Balaban J connectivity index is 2.05. The first-order valence-electron chi connectivity index (χ1n) is 5.62. The third kappa shape index (κ3) is 2.50. The van der Waals surface area contributed by atoms with E-state index in [0.29, 0.717) is 33.5 Å². The Morgan fingerprint density at radius 2 is 1.84 bits per heavy atom. The van der Waals surface area contributed by atoms with Gasteiger partial charge in [-0.25, -0.2) is 4.98 Å². The molecular formula is C14H8BrCl2NO. The lowest BCUT2D eigenvalue weighted by molar-refractivity contribution is 0.543. The molecule has 0 atom stereocenters. The minimum absolute atomic E-state index is 0.539. The van der Waals surface area contributed by atoms with E-state index in [9.17, 15) is 0 Å². The summed E-state index contributed by atoms with van der Waals surface area (Å²) in [5.41, 5.74) is 2.30. The van der Waals surface area contributed by atoms with E-state index >= 15 is 0 Å². The zero-order valence-electron chi connectivity index (χ0n) is 9.66. The van der Waals surface area contributed by atoms with E-state index in [2.05, 4.69) is 20.9 Å². The maximum atomic E-state index is 6.13. The van der Waals surface area contributed by atoms with Crippen LogP contribution in [0.25, 0.3) is 11.1 Å². The van der Waals surface area contributed by atoms with E-state index < -0.39 is 0 Å². The van der Waals surface area contributed by atoms with Gasteiger partial charge in [0, 0.05) is 5.02 Å². The van der Waals surface area contributed by atoms with Crippen LogP contribution in [0.5, 0.6) is 0 Å². The monoisotopic (exact) mass is 355 g/mol. The summed E-state index contributed by atoms with van der Waals surface area (Å²) in [6.07, 6.45) is 0.539. The van der Waals surface area contributed by atoms with Crippen LogP contribution in [0, 0.1) is 0 Å². The third-order valence-electron chi connectivity index (χ3n) is 2.79. The summed E-state index contributed by atoms with van der Waals surface area (Å²) in [4.78, 5) is 4.42. The Morgan fingerprint density at radius 1 is 1.05 bits per heavy atom. The van der Waals surface area contributed by atoms with E-state index in [0.717, 1.165) is 10.0 Å². The summed E-state index contributed by atoms with van der Waals surface area (Å²) in [6, 6.07) is 11.3. The summed E-state index contributed by atoms with van der Waals surface area (Å²) in [5.74, 6) is 0.594. The van der Waals surface area contributed by atoms with Crippen LogP contribution in [0.4, 0.5) is 0 Å². The molecule has 0 spiro atoms. The molecule has 0 amide bonds. The summed E-state index contributed by atoms with van der Waals surface area (Å²) >= 11 is 15.7. The highest BCUT2D eigenvalue weighted by Crippen LogP contribution is 2.31. The molecule has 2 aromatic carbocycles. The minimum Gasteiger partial charge on any atom is -0.439 e. The van der Waals surface area contributed by atoms with Crippen LogP contribution in [-0.2, 0) is 6.42 Å². The van der Waals surface area contributed by atoms with Crippen LogP contribution in [0.3, 0.4) is 0 Å². The first kappa shape index (κ1) is 13.0. The number of oxazole rings is 1. The minimum atomic E-state index is 0.539. The molecule has 0 bridgehead atoms. The van der Waals surface area contributed by atoms with Crippen molar-refractivity contribution in [1.82, 2.24) is 4.98 Å². The number of hydrogen-bond acceptors (Lipinski definition) is 2. The lowest BCUT2D eigenvalue weighted by atomic mass is 10.1. The van der Waals surface area contributed by atoms with Crippen LogP contribution in [0.1, 0.15) is 11.5 Å². The van der Waals surface area contributed by atoms with Gasteiger partial charge in [0.05, 0.1) is 15.9 Å². The first-order valence-corrected chi connectivity index (χ1v) is 7.17. The standard InChI is InChI=1S/C14H8BrCl2NO/c15-9-5-6-11(17)13-14(9)19-12(18-13)7-8-3-1-2-4-10(8)16/h1-6H,7H2. The van der Waals surface area contributed by atoms with Gasteiger partial charge in [-0.15, -0.1) is 0 Å². The van der Waals surface area contributed by atoms with Gasteiger partial charge in [-0.3, -0.25) is 0 Å². The fourth-order valence-electron chi connectivity index (χ4n) is 1.87. The molecule has 0 fully saturated rings. The van der Waals surface area contributed by atoms with Crippen molar-refractivity contribution in [3.8, 4) is 0 Å². The van der Waals surface area contributed by atoms with Crippen LogP contribution in [0.15, 0.2) is 45.3 Å². The van der Waals surface area contributed by atoms with Crippen LogP contribution in [0.2, 0.25) is 10.0 Å². The lowest BCUT2D eigenvalue weighted by Crippen LogP contribution is -1.88. The molecule has 0 aliphatic rings. The zero-order valence-corrected chi connectivity index (χ0v) is 12.8. The predicted octanol–water partition coefficient (Wildman–Crippen LogP) is 5.49. The van der Waals surface area contributed by atoms with Crippen molar-refractivity contribution in [3.63, 3.8) is 0 Å². The van der Waals surface area contributed by atoms with E-state index in [1.165, 1.54) is 0 Å². The molecule has 0 saturated carbocycles. The van der Waals surface area contributed by atoms with Crippen molar-refractivity contribution in [3.05, 3.63) is 62.4 Å². The van der Waals surface area contributed by atoms with Crippen molar-refractivity contribution in [2.24, 2.45) is 0 Å². The number of benzene rings is 2. The number of rotatable bonds is 2. The molecule has 0 aliphatic heterocycles. The predicted molar refractivity (Wildman–Crippen MR) is 81.0 cm³/mol. The molecule has 1 heterocycles. The highest BCUT2D eigenvalue weighted by molar-refractivity contribution is 9.10. The second-order valence-corrected chi connectivity index (χ2v) is 5.75. The average molecular weight is 357 g/mol. The molecule has 3 rings (SSSR count). The largest absolute Gasteiger partial charge is 0.439 e. The maximum Gasteiger partial charge on any atom is 0.200 e. The SMILES string of the molecule is Clc1ccccc1Cc1nc2c(Cl)ccc(Br)c2o1. The normalized spacial score (nSPS) is 11.1. The Morgan fingerprint density at radius 3 is 2.58 bits per heavy atom. The number of halogens is 3. The summed E-state index contributed by atoms with van der Waals surface area (Å²) in [5, 5.41) is 1.28. The molecule has 3 aromatic rings. The summed E-state index contributed by atoms with van der Waals surface area (Å²) < 4.78 is 6.58. The quantitative estimate of drug-likeness (QED) is 0.606. The molecule has 5 heteroatoms. The molecule has 1 aromatic heterocycles. The zero-order chi connectivity index (χ0) is 13.4. The summed E-state index contributed by atoms with van der Waals surface area (Å²) in [6.45, 7) is 0. The van der Waals surface area contributed by atoms with Crippen molar-refractivity contribution in [1.29, 1.82) is 0 Å². The highest BCUT2D eigenvalue weighted by Gasteiger charge is 2.13. The Kier molecular flexibility index (Phi) is 3.52. The molecule has 0 aliphatic carbocycles. The number of nitrogens with zero attached hydrogens (tertiary/aromatic N) is 1. The van der Waals surface area contributed by atoms with Crippen molar-refractivity contribution < 1.29 is 4.42 Å². The molecule has 0 saturated heterocycles. The van der Waals surface area contributed by atoms with Gasteiger partial charge in [0.1, 0.15) is 5.52 Å². The number of aromatic nitrogens is 1. The molecule has 96 valence electrons. The van der Waals surface area contributed by atoms with Crippen LogP contribution in [-0.4, -0.2) is 4.98 Å². The average Bonchev–Trinajstić information content (AvgIpc) is 2.82. The number of hydrogen-bond donors (Lipinski definition) is 0. The van der Waals surface area contributed by atoms with Crippen molar-refractivity contribution in [2.45, 2.75) is 6.42 Å². The van der Waals surface area contributed by atoms with Gasteiger partial charge in [0.25, 0.3) is 0 Å². The van der Waals surface area contributed by atoms with Crippen LogP contribution < -0.4 is 0 Å². The lowest BCUT2D eigenvalue weighted by Gasteiger charge is -1.99. The van der Waals surface area contributed by atoms with Crippen molar-refractivity contribution in [2.75, 3.05) is 0 Å². The van der Waals surface area contributed by atoms with Crippen molar-refractivity contribution >= 4 is 50.2 Å². The van der Waals surface area contributed by atoms with Gasteiger partial charge < -0.3 is 4.42 Å². The highest BCUT2D eigenvalue weighted by atomic mass is 79.9. The van der Waals surface area contributed by atoms with Gasteiger partial charge in [-0.2, -0.15) is 0 Å². The second kappa shape index (κ2) is 5.16. The van der Waals surface area contributed by atoms with Gasteiger partial charge in [-0.05, 0) is 39.7 Å². The Bertz CT molecular complexity index is 715. The second-order valence-electron chi connectivity index (χ2n) is 4.08. The van der Waals surface area contributed by atoms with E-state index in [4.69, 9.17) is 27.6 Å². The Labute approximate surface area is 128 Å². The smallest absolute Gasteiger partial charge is 0.200 e. The van der Waals surface area contributed by atoms with Gasteiger partial charge >= 0.3 is 0 Å². The van der Waals surface area contributed by atoms with Gasteiger partial charge in [-0.1, -0.05) is 41.4 Å². The first-order chi connectivity index (χ1) is 9.15. The fraction of sp³-hybridized carbons (Fsp3) is 0.0714. The van der Waals surface area contributed by atoms with Gasteiger partial charge in [0.15, 0.2) is 11.5 Å². The summed E-state index contributed by atoms with van der Waals surface area (Å²) in [7, 11) is 0. The molecular weight excluding hydrogens is 349 g/mol. The van der Waals surface area contributed by atoms with E-state index in [1.54, 1.807) is 6.07 Å². The fourth-order valence-corrected chi connectivity index (χ4v) is 2.66. The van der Waals surface area contributed by atoms with Crippen LogP contribution >= 0.6 is 39.1 Å². The molecule has 19 heavy (non-hydrogen) atoms. The van der Waals surface area contributed by atoms with Gasteiger partial charge in [0.2, 0.25) is 0 Å². The maximum absolute atomic E-state index is 6.13. The topological polar surface area (TPSA) is 26.0 Å². The Hall–Kier alpha value is -1.03. The number of fused-ring (bicyclic) bond motifs is 1. The van der Waals surface area contributed by atoms with E-state index in [-0.39, 0.29) is 0 Å². The molecule has 0 radical (unpaired) electrons. The molecule has 0 N–H and O–H groups in total. The third-order valence-corrected chi connectivity index (χ3v) is 4.09. The molecule has 2 nitrogen and oxygen atoms in total. The molecule has 0 unspecified atom stereocenters. The van der Waals surface area contributed by atoms with E-state index in [1.807, 2.05) is 30.3 Å².